The molecule has 0 N–H and O–H groups in total. The van der Waals surface area contributed by atoms with E-state index in [2.05, 4.69) is 24.8 Å². The lowest BCUT2D eigenvalue weighted by Crippen LogP contribution is -2.34. The molecule has 0 aromatic rings. The number of ether oxygens (including phenoxy) is 1. The van der Waals surface area contributed by atoms with Crippen molar-refractivity contribution in [2.45, 2.75) is 32.4 Å². The molecule has 1 unspecified atom stereocenters. The summed E-state index contributed by atoms with van der Waals surface area (Å²) in [5.41, 5.74) is 0. The number of nitrogens with zero attached hydrogens (tertiary/aromatic N) is 1. The molecule has 0 aromatic carbocycles. The van der Waals surface area contributed by atoms with E-state index in [0.717, 1.165) is 6.61 Å². The van der Waals surface area contributed by atoms with E-state index in [0.29, 0.717) is 12.1 Å². The molecule has 2 rings (SSSR count). The van der Waals surface area contributed by atoms with Crippen LogP contribution in [0.5, 0.6) is 0 Å². The van der Waals surface area contributed by atoms with Gasteiger partial charge >= 0.3 is 0 Å². The predicted octanol–water partition coefficient (Wildman–Crippen LogP) is 1.38. The molecule has 1 atom stereocenters. The van der Waals surface area contributed by atoms with Crippen LogP contribution in [0, 0.1) is 0 Å². The SMILES string of the molecule is CC(C)N1CCCOC2=CC21. The first-order chi connectivity index (χ1) is 5.29. The molecule has 2 nitrogen and oxygen atoms in total. The van der Waals surface area contributed by atoms with E-state index in [1.54, 1.807) is 0 Å². The van der Waals surface area contributed by atoms with Crippen molar-refractivity contribution in [2.75, 3.05) is 13.2 Å². The maximum absolute atomic E-state index is 5.48. The Morgan fingerprint density at radius 1 is 1.64 bits per heavy atom. The first kappa shape index (κ1) is 7.17. The van der Waals surface area contributed by atoms with Crippen molar-refractivity contribution >= 4 is 0 Å². The summed E-state index contributed by atoms with van der Waals surface area (Å²) in [6, 6.07) is 1.20. The van der Waals surface area contributed by atoms with Gasteiger partial charge in [0.15, 0.2) is 0 Å². The molecule has 2 aliphatic rings. The number of hydrogen-bond acceptors (Lipinski definition) is 2. The van der Waals surface area contributed by atoms with Crippen LogP contribution >= 0.6 is 0 Å². The molecule has 62 valence electrons. The van der Waals surface area contributed by atoms with Gasteiger partial charge in [-0.2, -0.15) is 0 Å². The van der Waals surface area contributed by atoms with Gasteiger partial charge in [-0.1, -0.05) is 0 Å². The zero-order chi connectivity index (χ0) is 7.84. The molecule has 2 heteroatoms. The molecule has 11 heavy (non-hydrogen) atoms. The Labute approximate surface area is 67.8 Å². The third-order valence-corrected chi connectivity index (χ3v) is 2.35. The van der Waals surface area contributed by atoms with Crippen LogP contribution in [0.1, 0.15) is 20.3 Å². The second kappa shape index (κ2) is 2.52. The number of hydrogen-bond donors (Lipinski definition) is 0. The Morgan fingerprint density at radius 3 is 3.18 bits per heavy atom. The molecule has 1 fully saturated rings. The monoisotopic (exact) mass is 153 g/mol. The molecule has 0 spiro atoms. The number of rotatable bonds is 1. The Morgan fingerprint density at radius 2 is 2.45 bits per heavy atom. The van der Waals surface area contributed by atoms with Crippen LogP contribution in [-0.2, 0) is 4.74 Å². The van der Waals surface area contributed by atoms with Gasteiger partial charge in [0.1, 0.15) is 5.76 Å². The fourth-order valence-corrected chi connectivity index (χ4v) is 1.66. The van der Waals surface area contributed by atoms with Crippen LogP contribution in [-0.4, -0.2) is 30.1 Å². The molecular weight excluding hydrogens is 138 g/mol. The first-order valence-electron chi connectivity index (χ1n) is 4.39. The second-order valence-electron chi connectivity index (χ2n) is 3.55. The van der Waals surface area contributed by atoms with E-state index in [9.17, 15) is 0 Å². The van der Waals surface area contributed by atoms with E-state index in [-0.39, 0.29) is 0 Å². The van der Waals surface area contributed by atoms with E-state index in [4.69, 9.17) is 4.74 Å². The van der Waals surface area contributed by atoms with Crippen molar-refractivity contribution in [1.82, 2.24) is 4.90 Å². The average molecular weight is 153 g/mol. The minimum Gasteiger partial charge on any atom is -0.496 e. The fourth-order valence-electron chi connectivity index (χ4n) is 1.66. The highest BCUT2D eigenvalue weighted by Gasteiger charge is 2.35. The lowest BCUT2D eigenvalue weighted by molar-refractivity contribution is 0.217. The van der Waals surface area contributed by atoms with E-state index in [1.165, 1.54) is 18.7 Å². The molecular formula is C9H15NO. The van der Waals surface area contributed by atoms with Gasteiger partial charge in [0, 0.05) is 12.6 Å². The molecule has 1 saturated heterocycles. The largest absolute Gasteiger partial charge is 0.496 e. The standard InChI is InChI=1S/C9H15NO/c1-7(2)10-4-3-5-11-9-6-8(9)10/h6-8H,3-5H2,1-2H3. The Bertz CT molecular complexity index is 186. The van der Waals surface area contributed by atoms with Crippen LogP contribution in [0.4, 0.5) is 0 Å². The van der Waals surface area contributed by atoms with Crippen LogP contribution in [0.3, 0.4) is 0 Å². The van der Waals surface area contributed by atoms with Crippen molar-refractivity contribution in [1.29, 1.82) is 0 Å². The maximum atomic E-state index is 5.48. The van der Waals surface area contributed by atoms with Crippen molar-refractivity contribution < 1.29 is 4.74 Å². The first-order valence-corrected chi connectivity index (χ1v) is 4.39. The molecule has 0 radical (unpaired) electrons. The zero-order valence-corrected chi connectivity index (χ0v) is 7.21. The van der Waals surface area contributed by atoms with Gasteiger partial charge < -0.3 is 4.74 Å². The minimum atomic E-state index is 0.553. The van der Waals surface area contributed by atoms with E-state index in [1.807, 2.05) is 0 Å². The van der Waals surface area contributed by atoms with E-state index < -0.39 is 0 Å². The van der Waals surface area contributed by atoms with Crippen LogP contribution < -0.4 is 0 Å². The Kier molecular flexibility index (Phi) is 1.64. The molecule has 0 bridgehead atoms. The topological polar surface area (TPSA) is 12.5 Å². The summed E-state index contributed by atoms with van der Waals surface area (Å²) >= 11 is 0. The van der Waals surface area contributed by atoms with Gasteiger partial charge in [-0.15, -0.1) is 0 Å². The third kappa shape index (κ3) is 1.27. The molecule has 1 aliphatic carbocycles. The Hall–Kier alpha value is -0.500. The van der Waals surface area contributed by atoms with Gasteiger partial charge in [0.2, 0.25) is 0 Å². The lowest BCUT2D eigenvalue weighted by atomic mass is 10.3. The summed E-state index contributed by atoms with van der Waals surface area (Å²) in [6.07, 6.45) is 3.38. The highest BCUT2D eigenvalue weighted by atomic mass is 16.5. The van der Waals surface area contributed by atoms with Gasteiger partial charge in [0.05, 0.1) is 12.6 Å². The van der Waals surface area contributed by atoms with Gasteiger partial charge in [-0.3, -0.25) is 4.90 Å². The molecule has 1 aliphatic heterocycles. The van der Waals surface area contributed by atoms with Crippen LogP contribution in [0.15, 0.2) is 11.8 Å². The van der Waals surface area contributed by atoms with Gasteiger partial charge in [0.25, 0.3) is 0 Å². The minimum absolute atomic E-state index is 0.553. The lowest BCUT2D eigenvalue weighted by Gasteiger charge is -2.24. The predicted molar refractivity (Wildman–Crippen MR) is 44.3 cm³/mol. The molecule has 0 amide bonds. The quantitative estimate of drug-likeness (QED) is 0.564. The second-order valence-corrected chi connectivity index (χ2v) is 3.55. The molecule has 0 aromatic heterocycles. The summed E-state index contributed by atoms with van der Waals surface area (Å²) in [5.74, 6) is 1.20. The Balaban J connectivity index is 1.99. The van der Waals surface area contributed by atoms with E-state index >= 15 is 0 Å². The van der Waals surface area contributed by atoms with Crippen LogP contribution in [0.25, 0.3) is 0 Å². The number of fused-ring (bicyclic) bond motifs is 1. The highest BCUT2D eigenvalue weighted by molar-refractivity contribution is 5.30. The van der Waals surface area contributed by atoms with Crippen molar-refractivity contribution in [3.8, 4) is 0 Å². The van der Waals surface area contributed by atoms with Crippen molar-refractivity contribution in [3.63, 3.8) is 0 Å². The fraction of sp³-hybridized carbons (Fsp3) is 0.778. The van der Waals surface area contributed by atoms with Gasteiger partial charge in [-0.05, 0) is 26.3 Å². The molecule has 0 saturated carbocycles. The summed E-state index contributed by atoms with van der Waals surface area (Å²) in [7, 11) is 0. The smallest absolute Gasteiger partial charge is 0.115 e. The van der Waals surface area contributed by atoms with Crippen LogP contribution in [0.2, 0.25) is 0 Å². The highest BCUT2D eigenvalue weighted by Crippen LogP contribution is 2.31. The van der Waals surface area contributed by atoms with Gasteiger partial charge in [-0.25, -0.2) is 0 Å². The average Bonchev–Trinajstić information content (AvgIpc) is 2.60. The summed E-state index contributed by atoms with van der Waals surface area (Å²) in [4.78, 5) is 2.49. The summed E-state index contributed by atoms with van der Waals surface area (Å²) in [5, 5.41) is 0. The molecule has 1 heterocycles. The summed E-state index contributed by atoms with van der Waals surface area (Å²) < 4.78 is 5.48. The zero-order valence-electron chi connectivity index (χ0n) is 7.21. The van der Waals surface area contributed by atoms with Crippen molar-refractivity contribution in [2.24, 2.45) is 0 Å². The normalized spacial score (nSPS) is 30.5. The third-order valence-electron chi connectivity index (χ3n) is 2.35. The maximum Gasteiger partial charge on any atom is 0.115 e. The van der Waals surface area contributed by atoms with Crippen molar-refractivity contribution in [3.05, 3.63) is 11.8 Å². The summed E-state index contributed by atoms with van der Waals surface area (Å²) in [6.45, 7) is 6.58.